The van der Waals surface area contributed by atoms with Gasteiger partial charge in [-0.15, -0.1) is 0 Å². The van der Waals surface area contributed by atoms with Gasteiger partial charge in [-0.05, 0) is 32.9 Å². The minimum atomic E-state index is -0.540. The Morgan fingerprint density at radius 2 is 1.79 bits per heavy atom. The Bertz CT molecular complexity index is 897. The molecule has 156 valence electrons. The number of rotatable bonds is 4. The average Bonchev–Trinajstić information content (AvgIpc) is 3.07. The molecule has 0 fully saturated rings. The van der Waals surface area contributed by atoms with Crippen LogP contribution in [0.4, 0.5) is 9.93 Å². The third kappa shape index (κ3) is 5.17. The fourth-order valence-corrected chi connectivity index (χ4v) is 3.86. The van der Waals surface area contributed by atoms with E-state index in [4.69, 9.17) is 14.2 Å². The molecule has 1 aliphatic rings. The van der Waals surface area contributed by atoms with Gasteiger partial charge in [-0.1, -0.05) is 11.3 Å². The lowest BCUT2D eigenvalue weighted by molar-refractivity contribution is 0.0225. The van der Waals surface area contributed by atoms with Gasteiger partial charge in [0.1, 0.15) is 17.1 Å². The van der Waals surface area contributed by atoms with Gasteiger partial charge in [-0.25, -0.2) is 9.78 Å². The SMILES string of the molecule is COc1cc(OC)cc(C(=O)Nc2nc3c(s2)CN(C(=O)OC(C)(C)C)CC3)c1. The van der Waals surface area contributed by atoms with Crippen molar-refractivity contribution in [1.29, 1.82) is 0 Å². The van der Waals surface area contributed by atoms with Gasteiger partial charge in [0.25, 0.3) is 5.91 Å². The summed E-state index contributed by atoms with van der Waals surface area (Å²) in [4.78, 5) is 32.1. The summed E-state index contributed by atoms with van der Waals surface area (Å²) in [5.74, 6) is 0.749. The Hall–Kier alpha value is -2.81. The first-order chi connectivity index (χ1) is 13.7. The number of fused-ring (bicyclic) bond motifs is 1. The lowest BCUT2D eigenvalue weighted by atomic mass is 10.2. The highest BCUT2D eigenvalue weighted by atomic mass is 32.1. The number of methoxy groups -OCH3 is 2. The molecule has 9 heteroatoms. The van der Waals surface area contributed by atoms with Crippen molar-refractivity contribution in [2.24, 2.45) is 0 Å². The average molecular weight is 420 g/mol. The van der Waals surface area contributed by atoms with E-state index in [2.05, 4.69) is 10.3 Å². The zero-order valence-electron chi connectivity index (χ0n) is 17.2. The van der Waals surface area contributed by atoms with Gasteiger partial charge in [0.15, 0.2) is 5.13 Å². The Balaban J connectivity index is 1.71. The van der Waals surface area contributed by atoms with E-state index in [-0.39, 0.29) is 12.0 Å². The third-order valence-electron chi connectivity index (χ3n) is 4.22. The number of nitrogens with one attached hydrogen (secondary N) is 1. The highest BCUT2D eigenvalue weighted by Gasteiger charge is 2.28. The Morgan fingerprint density at radius 3 is 2.38 bits per heavy atom. The lowest BCUT2D eigenvalue weighted by Gasteiger charge is -2.29. The first-order valence-electron chi connectivity index (χ1n) is 9.19. The molecule has 0 bridgehead atoms. The van der Waals surface area contributed by atoms with Crippen LogP contribution in [0, 0.1) is 0 Å². The Morgan fingerprint density at radius 1 is 1.14 bits per heavy atom. The van der Waals surface area contributed by atoms with Gasteiger partial charge in [0.05, 0.1) is 26.5 Å². The van der Waals surface area contributed by atoms with Crippen LogP contribution in [0.1, 0.15) is 41.7 Å². The molecule has 0 radical (unpaired) electrons. The number of amides is 2. The van der Waals surface area contributed by atoms with Crippen LogP contribution in [0.25, 0.3) is 0 Å². The molecule has 2 amide bonds. The van der Waals surface area contributed by atoms with E-state index in [9.17, 15) is 9.59 Å². The molecular weight excluding hydrogens is 394 g/mol. The normalized spacial score (nSPS) is 13.5. The number of benzene rings is 1. The second kappa shape index (κ2) is 8.28. The van der Waals surface area contributed by atoms with Crippen molar-refractivity contribution in [3.63, 3.8) is 0 Å². The van der Waals surface area contributed by atoms with Crippen molar-refractivity contribution in [3.05, 3.63) is 34.3 Å². The van der Waals surface area contributed by atoms with Gasteiger partial charge in [0.2, 0.25) is 0 Å². The number of carbonyl (C=O) groups is 2. The molecule has 1 aromatic carbocycles. The molecule has 0 saturated heterocycles. The minimum absolute atomic E-state index is 0.308. The summed E-state index contributed by atoms with van der Waals surface area (Å²) in [5.41, 5.74) is 0.764. The fourth-order valence-electron chi connectivity index (χ4n) is 2.84. The highest BCUT2D eigenvalue weighted by Crippen LogP contribution is 2.30. The number of hydrogen-bond donors (Lipinski definition) is 1. The number of hydrogen-bond acceptors (Lipinski definition) is 7. The monoisotopic (exact) mass is 419 g/mol. The van der Waals surface area contributed by atoms with Gasteiger partial charge < -0.3 is 19.1 Å². The summed E-state index contributed by atoms with van der Waals surface area (Å²) in [6, 6.07) is 4.97. The van der Waals surface area contributed by atoms with E-state index in [1.807, 2.05) is 20.8 Å². The maximum Gasteiger partial charge on any atom is 0.410 e. The molecule has 8 nitrogen and oxygen atoms in total. The van der Waals surface area contributed by atoms with Crippen LogP contribution in [0.2, 0.25) is 0 Å². The lowest BCUT2D eigenvalue weighted by Crippen LogP contribution is -2.39. The molecule has 1 aliphatic heterocycles. The van der Waals surface area contributed by atoms with Crippen molar-refractivity contribution in [2.75, 3.05) is 26.1 Å². The standard InChI is InChI=1S/C20H25N3O5S/c1-20(2,3)28-19(25)23-7-6-15-16(11-23)29-18(21-15)22-17(24)12-8-13(26-4)10-14(9-12)27-5/h8-10H,6-7,11H2,1-5H3,(H,21,22,24). The van der Waals surface area contributed by atoms with Crippen molar-refractivity contribution >= 4 is 28.5 Å². The topological polar surface area (TPSA) is 90.0 Å². The molecule has 2 heterocycles. The summed E-state index contributed by atoms with van der Waals surface area (Å²) in [6.07, 6.45) is 0.277. The second-order valence-electron chi connectivity index (χ2n) is 7.60. The molecule has 0 atom stereocenters. The third-order valence-corrected chi connectivity index (χ3v) is 5.21. The zero-order chi connectivity index (χ0) is 21.2. The van der Waals surface area contributed by atoms with Crippen molar-refractivity contribution in [1.82, 2.24) is 9.88 Å². The van der Waals surface area contributed by atoms with Crippen LogP contribution < -0.4 is 14.8 Å². The molecule has 1 N–H and O–H groups in total. The fraction of sp³-hybridized carbons (Fsp3) is 0.450. The van der Waals surface area contributed by atoms with E-state index in [1.54, 1.807) is 23.1 Å². The molecule has 0 aliphatic carbocycles. The number of anilines is 1. The van der Waals surface area contributed by atoms with E-state index in [1.165, 1.54) is 25.6 Å². The number of nitrogens with zero attached hydrogens (tertiary/aromatic N) is 2. The smallest absolute Gasteiger partial charge is 0.410 e. The highest BCUT2D eigenvalue weighted by molar-refractivity contribution is 7.15. The molecular formula is C20H25N3O5S. The van der Waals surface area contributed by atoms with Gasteiger partial charge in [-0.2, -0.15) is 0 Å². The summed E-state index contributed by atoms with van der Waals surface area (Å²) in [6.45, 7) is 6.48. The summed E-state index contributed by atoms with van der Waals surface area (Å²) in [5, 5.41) is 3.32. The van der Waals surface area contributed by atoms with Gasteiger partial charge in [-0.3, -0.25) is 10.1 Å². The molecule has 0 spiro atoms. The van der Waals surface area contributed by atoms with Crippen molar-refractivity contribution < 1.29 is 23.8 Å². The summed E-state index contributed by atoms with van der Waals surface area (Å²) < 4.78 is 15.9. The first kappa shape index (κ1) is 20.9. The van der Waals surface area contributed by atoms with E-state index in [0.717, 1.165) is 10.6 Å². The second-order valence-corrected chi connectivity index (χ2v) is 8.68. The van der Waals surface area contributed by atoms with Crippen molar-refractivity contribution in [3.8, 4) is 11.5 Å². The molecule has 29 heavy (non-hydrogen) atoms. The first-order valence-corrected chi connectivity index (χ1v) is 10.0. The van der Waals surface area contributed by atoms with E-state index >= 15 is 0 Å². The van der Waals surface area contributed by atoms with Crippen LogP contribution >= 0.6 is 11.3 Å². The van der Waals surface area contributed by atoms with Gasteiger partial charge in [0, 0.05) is 29.5 Å². The van der Waals surface area contributed by atoms with Crippen LogP contribution in [0.3, 0.4) is 0 Å². The zero-order valence-corrected chi connectivity index (χ0v) is 18.0. The molecule has 0 saturated carbocycles. The Kier molecular flexibility index (Phi) is 5.97. The number of aromatic nitrogens is 1. The van der Waals surface area contributed by atoms with Crippen LogP contribution in [-0.4, -0.2) is 48.2 Å². The largest absolute Gasteiger partial charge is 0.497 e. The van der Waals surface area contributed by atoms with Gasteiger partial charge >= 0.3 is 6.09 Å². The maximum atomic E-state index is 12.7. The molecule has 2 aromatic rings. The number of thiazole rings is 1. The minimum Gasteiger partial charge on any atom is -0.497 e. The van der Waals surface area contributed by atoms with Crippen molar-refractivity contribution in [2.45, 2.75) is 39.3 Å². The summed E-state index contributed by atoms with van der Waals surface area (Å²) in [7, 11) is 3.06. The predicted octanol–water partition coefficient (Wildman–Crippen LogP) is 3.71. The van der Waals surface area contributed by atoms with Crippen LogP contribution in [0.5, 0.6) is 11.5 Å². The van der Waals surface area contributed by atoms with E-state index < -0.39 is 5.60 Å². The molecule has 0 unspecified atom stereocenters. The van der Waals surface area contributed by atoms with Crippen LogP contribution in [0.15, 0.2) is 18.2 Å². The van der Waals surface area contributed by atoms with E-state index in [0.29, 0.717) is 41.7 Å². The quantitative estimate of drug-likeness (QED) is 0.813. The van der Waals surface area contributed by atoms with Crippen LogP contribution in [-0.2, 0) is 17.7 Å². The maximum absolute atomic E-state index is 12.7. The predicted molar refractivity (Wildman–Crippen MR) is 110 cm³/mol. The molecule has 3 rings (SSSR count). The Labute approximate surface area is 173 Å². The summed E-state index contributed by atoms with van der Waals surface area (Å²) >= 11 is 1.36. The number of ether oxygens (including phenoxy) is 3. The number of carbonyl (C=O) groups excluding carboxylic acids is 2. The molecule has 1 aromatic heterocycles.